The van der Waals surface area contributed by atoms with Crippen molar-refractivity contribution in [1.82, 2.24) is 4.98 Å². The number of anilines is 1. The van der Waals surface area contributed by atoms with Gasteiger partial charge >= 0.3 is 0 Å². The lowest BCUT2D eigenvalue weighted by molar-refractivity contribution is 0.697. The number of hydrogen-bond acceptors (Lipinski definition) is 3. The third-order valence-electron chi connectivity index (χ3n) is 3.68. The molecule has 3 aromatic rings. The van der Waals surface area contributed by atoms with E-state index in [0.29, 0.717) is 0 Å². The van der Waals surface area contributed by atoms with Gasteiger partial charge in [-0.2, -0.15) is 0 Å². The quantitative estimate of drug-likeness (QED) is 0.722. The van der Waals surface area contributed by atoms with E-state index in [1.807, 2.05) is 54.6 Å². The molecule has 0 radical (unpaired) electrons. The molecule has 1 aromatic heterocycles. The highest BCUT2D eigenvalue weighted by atomic mass is 14.8. The Balaban J connectivity index is 1.84. The van der Waals surface area contributed by atoms with E-state index < -0.39 is 0 Å². The number of benzene rings is 2. The van der Waals surface area contributed by atoms with Crippen LogP contribution in [0.1, 0.15) is 17.3 Å². The lowest BCUT2D eigenvalue weighted by atomic mass is 10.00. The molecule has 0 bridgehead atoms. The van der Waals surface area contributed by atoms with Crippen molar-refractivity contribution in [3.63, 3.8) is 0 Å². The zero-order valence-corrected chi connectivity index (χ0v) is 12.3. The van der Waals surface area contributed by atoms with Gasteiger partial charge in [0.15, 0.2) is 0 Å². The minimum Gasteiger partial charge on any atom is -0.399 e. The number of pyridine rings is 1. The highest BCUT2D eigenvalue weighted by Gasteiger charge is 2.10. The summed E-state index contributed by atoms with van der Waals surface area (Å²) < 4.78 is 0. The molecule has 3 rings (SSSR count). The molecule has 4 N–H and O–H groups in total. The zero-order chi connectivity index (χ0) is 15.4. The van der Waals surface area contributed by atoms with Crippen molar-refractivity contribution in [1.29, 1.82) is 0 Å². The summed E-state index contributed by atoms with van der Waals surface area (Å²) in [6.07, 6.45) is 2.58. The van der Waals surface area contributed by atoms with Crippen LogP contribution in [0.5, 0.6) is 0 Å². The van der Waals surface area contributed by atoms with Crippen molar-refractivity contribution in [3.8, 4) is 11.1 Å². The fraction of sp³-hybridized carbons (Fsp3) is 0.105. The average Bonchev–Trinajstić information content (AvgIpc) is 2.56. The van der Waals surface area contributed by atoms with E-state index in [0.717, 1.165) is 28.9 Å². The predicted octanol–water partition coefficient (Wildman–Crippen LogP) is 3.57. The molecule has 0 fully saturated rings. The van der Waals surface area contributed by atoms with Gasteiger partial charge in [-0.3, -0.25) is 4.98 Å². The SMILES string of the molecule is Nc1cccc(-c2ccnc(C(N)Cc3ccccc3)c2)c1. The molecule has 0 aliphatic rings. The van der Waals surface area contributed by atoms with Gasteiger partial charge in [-0.15, -0.1) is 0 Å². The Bertz CT molecular complexity index is 753. The molecular formula is C19H19N3. The number of hydrogen-bond donors (Lipinski definition) is 2. The van der Waals surface area contributed by atoms with Crippen LogP contribution in [0.3, 0.4) is 0 Å². The number of nitrogens with zero attached hydrogens (tertiary/aromatic N) is 1. The van der Waals surface area contributed by atoms with Crippen molar-refractivity contribution in [3.05, 3.63) is 84.2 Å². The Morgan fingerprint density at radius 3 is 2.41 bits per heavy atom. The van der Waals surface area contributed by atoms with Crippen molar-refractivity contribution in [2.75, 3.05) is 5.73 Å². The summed E-state index contributed by atoms with van der Waals surface area (Å²) in [6.45, 7) is 0. The summed E-state index contributed by atoms with van der Waals surface area (Å²) in [7, 11) is 0. The monoisotopic (exact) mass is 289 g/mol. The standard InChI is InChI=1S/C19H19N3/c20-17-8-4-7-15(12-17)16-9-10-22-19(13-16)18(21)11-14-5-2-1-3-6-14/h1-10,12-13,18H,11,20-21H2. The maximum Gasteiger partial charge on any atom is 0.0580 e. The molecule has 0 amide bonds. The lowest BCUT2D eigenvalue weighted by Gasteiger charge is -2.13. The number of nitrogens with two attached hydrogens (primary N) is 2. The topological polar surface area (TPSA) is 64.9 Å². The van der Waals surface area contributed by atoms with Crippen molar-refractivity contribution < 1.29 is 0 Å². The van der Waals surface area contributed by atoms with Crippen LogP contribution in [0.2, 0.25) is 0 Å². The van der Waals surface area contributed by atoms with Gasteiger partial charge in [0.1, 0.15) is 0 Å². The second-order valence-electron chi connectivity index (χ2n) is 5.39. The molecule has 0 spiro atoms. The summed E-state index contributed by atoms with van der Waals surface area (Å²) in [5, 5.41) is 0. The van der Waals surface area contributed by atoms with Gasteiger partial charge in [0.2, 0.25) is 0 Å². The fourth-order valence-electron chi connectivity index (χ4n) is 2.52. The molecule has 0 saturated heterocycles. The van der Waals surface area contributed by atoms with Crippen LogP contribution >= 0.6 is 0 Å². The predicted molar refractivity (Wildman–Crippen MR) is 91.2 cm³/mol. The van der Waals surface area contributed by atoms with E-state index in [2.05, 4.69) is 17.1 Å². The second-order valence-corrected chi connectivity index (χ2v) is 5.39. The average molecular weight is 289 g/mol. The van der Waals surface area contributed by atoms with E-state index in [1.54, 1.807) is 6.20 Å². The third kappa shape index (κ3) is 3.32. The molecule has 1 atom stereocenters. The van der Waals surface area contributed by atoms with E-state index in [9.17, 15) is 0 Å². The van der Waals surface area contributed by atoms with Gasteiger partial charge in [0.05, 0.1) is 11.7 Å². The van der Waals surface area contributed by atoms with Gasteiger partial charge < -0.3 is 11.5 Å². The molecule has 2 aromatic carbocycles. The Morgan fingerprint density at radius 1 is 0.864 bits per heavy atom. The molecule has 22 heavy (non-hydrogen) atoms. The fourth-order valence-corrected chi connectivity index (χ4v) is 2.52. The van der Waals surface area contributed by atoms with Crippen molar-refractivity contribution in [2.24, 2.45) is 5.73 Å². The molecular weight excluding hydrogens is 270 g/mol. The van der Waals surface area contributed by atoms with Crippen LogP contribution in [0.4, 0.5) is 5.69 Å². The van der Waals surface area contributed by atoms with Gasteiger partial charge in [-0.05, 0) is 47.4 Å². The van der Waals surface area contributed by atoms with E-state index in [4.69, 9.17) is 11.5 Å². The van der Waals surface area contributed by atoms with Crippen LogP contribution in [0.25, 0.3) is 11.1 Å². The third-order valence-corrected chi connectivity index (χ3v) is 3.68. The molecule has 110 valence electrons. The Labute approximate surface area is 130 Å². The highest BCUT2D eigenvalue weighted by molar-refractivity contribution is 5.67. The van der Waals surface area contributed by atoms with Gasteiger partial charge in [0, 0.05) is 11.9 Å². The van der Waals surface area contributed by atoms with Gasteiger partial charge in [-0.25, -0.2) is 0 Å². The summed E-state index contributed by atoms with van der Waals surface area (Å²) >= 11 is 0. The number of rotatable bonds is 4. The maximum absolute atomic E-state index is 6.32. The van der Waals surface area contributed by atoms with E-state index >= 15 is 0 Å². The first-order chi connectivity index (χ1) is 10.7. The van der Waals surface area contributed by atoms with E-state index in [-0.39, 0.29) is 6.04 Å². The molecule has 3 nitrogen and oxygen atoms in total. The summed E-state index contributed by atoms with van der Waals surface area (Å²) in [5.74, 6) is 0. The molecule has 3 heteroatoms. The summed E-state index contributed by atoms with van der Waals surface area (Å²) in [4.78, 5) is 4.43. The van der Waals surface area contributed by atoms with Crippen LogP contribution in [-0.4, -0.2) is 4.98 Å². The Morgan fingerprint density at radius 2 is 1.64 bits per heavy atom. The summed E-state index contributed by atoms with van der Waals surface area (Å²) in [5.41, 5.74) is 17.2. The van der Waals surface area contributed by atoms with Crippen LogP contribution < -0.4 is 11.5 Å². The molecule has 0 aliphatic heterocycles. The largest absolute Gasteiger partial charge is 0.399 e. The maximum atomic E-state index is 6.32. The molecule has 0 aliphatic carbocycles. The Hall–Kier alpha value is -2.65. The summed E-state index contributed by atoms with van der Waals surface area (Å²) in [6, 6.07) is 22.0. The van der Waals surface area contributed by atoms with Crippen LogP contribution in [0, 0.1) is 0 Å². The van der Waals surface area contributed by atoms with Crippen molar-refractivity contribution in [2.45, 2.75) is 12.5 Å². The minimum absolute atomic E-state index is 0.122. The van der Waals surface area contributed by atoms with E-state index in [1.165, 1.54) is 5.56 Å². The van der Waals surface area contributed by atoms with Crippen molar-refractivity contribution >= 4 is 5.69 Å². The Kier molecular flexibility index (Phi) is 4.17. The number of nitrogen functional groups attached to an aromatic ring is 1. The zero-order valence-electron chi connectivity index (χ0n) is 12.3. The smallest absolute Gasteiger partial charge is 0.0580 e. The molecule has 1 heterocycles. The van der Waals surface area contributed by atoms with Crippen LogP contribution in [-0.2, 0) is 6.42 Å². The normalized spacial score (nSPS) is 12.0. The van der Waals surface area contributed by atoms with Gasteiger partial charge in [-0.1, -0.05) is 42.5 Å². The highest BCUT2D eigenvalue weighted by Crippen LogP contribution is 2.24. The first-order valence-corrected chi connectivity index (χ1v) is 7.34. The molecule has 1 unspecified atom stereocenters. The minimum atomic E-state index is -0.122. The number of aromatic nitrogens is 1. The first-order valence-electron chi connectivity index (χ1n) is 7.34. The first kappa shape index (κ1) is 14.3. The molecule has 0 saturated carbocycles. The van der Waals surface area contributed by atoms with Gasteiger partial charge in [0.25, 0.3) is 0 Å². The van der Waals surface area contributed by atoms with Crippen LogP contribution in [0.15, 0.2) is 72.9 Å². The lowest BCUT2D eigenvalue weighted by Crippen LogP contribution is -2.14. The second kappa shape index (κ2) is 6.41.